The van der Waals surface area contributed by atoms with Gasteiger partial charge < -0.3 is 41.0 Å². The van der Waals surface area contributed by atoms with Crippen molar-refractivity contribution in [1.82, 2.24) is 73.6 Å². The van der Waals surface area contributed by atoms with Crippen LogP contribution in [-0.2, 0) is 30.1 Å². The lowest BCUT2D eigenvalue weighted by Gasteiger charge is -2.33. The van der Waals surface area contributed by atoms with Gasteiger partial charge in [-0.2, -0.15) is 0 Å². The molecule has 726 valence electrons. The molecule has 0 spiro atoms. The molecule has 3 heterocycles. The third-order valence-corrected chi connectivity index (χ3v) is 23.7. The van der Waals surface area contributed by atoms with Crippen molar-refractivity contribution in [1.29, 1.82) is 0 Å². The van der Waals surface area contributed by atoms with E-state index in [2.05, 4.69) is 62.9 Å². The number of rotatable bonds is 28. The first-order valence-electron chi connectivity index (χ1n) is 44.2. The van der Waals surface area contributed by atoms with Crippen LogP contribution in [0.3, 0.4) is 0 Å². The smallest absolute Gasteiger partial charge is 0.319 e. The number of urea groups is 1. The second kappa shape index (κ2) is 53.4. The first kappa shape index (κ1) is 109. The molecule has 0 aliphatic heterocycles. The summed E-state index contributed by atoms with van der Waals surface area (Å²) in [6.07, 6.45) is 10.1. The summed E-state index contributed by atoms with van der Waals surface area (Å²) in [6, 6.07) is 55.7. The molecule has 12 amide bonds. The molecule has 6 atom stereocenters. The Labute approximate surface area is 799 Å². The van der Waals surface area contributed by atoms with Crippen molar-refractivity contribution in [3.63, 3.8) is 0 Å². The third kappa shape index (κ3) is 33.1. The third-order valence-electron chi connectivity index (χ3n) is 23.0. The van der Waals surface area contributed by atoms with Gasteiger partial charge in [-0.25, -0.2) is 47.0 Å². The van der Waals surface area contributed by atoms with Crippen LogP contribution in [0.2, 0.25) is 0 Å². The summed E-state index contributed by atoms with van der Waals surface area (Å²) >= 11 is 1.41. The molecule has 1 aliphatic rings. The van der Waals surface area contributed by atoms with E-state index in [1.165, 1.54) is 53.7 Å². The second-order valence-corrected chi connectivity index (χ2v) is 35.1. The molecule has 137 heavy (non-hydrogen) atoms. The predicted octanol–water partition coefficient (Wildman–Crippen LogP) is 16.4. The van der Waals surface area contributed by atoms with E-state index in [1.807, 2.05) is 120 Å². The Balaban J connectivity index is 0.000000224. The molecule has 0 saturated heterocycles. The molecule has 12 rings (SSSR count). The summed E-state index contributed by atoms with van der Waals surface area (Å²) in [5.74, 6) is -3.59. The van der Waals surface area contributed by atoms with E-state index in [0.29, 0.717) is 74.8 Å². The Morgan fingerprint density at radius 1 is 0.409 bits per heavy atom. The molecule has 1 fully saturated rings. The Morgan fingerprint density at radius 3 is 1.20 bits per heavy atom. The van der Waals surface area contributed by atoms with Crippen molar-refractivity contribution in [2.45, 2.75) is 171 Å². The fourth-order valence-electron chi connectivity index (χ4n) is 15.0. The summed E-state index contributed by atoms with van der Waals surface area (Å²) < 4.78 is 16.6. The number of aromatic nitrogens is 3. The maximum Gasteiger partial charge on any atom is 0.319 e. The van der Waals surface area contributed by atoms with Gasteiger partial charge in [0.1, 0.15) is 28.7 Å². The van der Waals surface area contributed by atoms with Crippen LogP contribution in [0.4, 0.5) is 14.9 Å². The lowest BCUT2D eigenvalue weighted by Crippen LogP contribution is -2.33. The number of ketones is 1. The minimum atomic E-state index is -0.610. The van der Waals surface area contributed by atoms with Crippen molar-refractivity contribution < 1.29 is 93.2 Å². The van der Waals surface area contributed by atoms with Crippen molar-refractivity contribution >= 4 is 87.9 Å². The Hall–Kier alpha value is -14.7. The van der Waals surface area contributed by atoms with Gasteiger partial charge in [0.05, 0.1) is 41.6 Å². The van der Waals surface area contributed by atoms with Gasteiger partial charge in [-0.1, -0.05) is 157 Å². The summed E-state index contributed by atoms with van der Waals surface area (Å²) in [7, 11) is 3.63. The van der Waals surface area contributed by atoms with Crippen LogP contribution < -0.4 is 64.8 Å². The molecule has 11 aromatic rings. The number of thiazole rings is 1. The molecule has 1 saturated carbocycles. The van der Waals surface area contributed by atoms with Crippen molar-refractivity contribution in [3.05, 3.63) is 341 Å². The van der Waals surface area contributed by atoms with E-state index in [1.54, 1.807) is 194 Å². The van der Waals surface area contributed by atoms with Crippen LogP contribution in [0.25, 0.3) is 0 Å². The second-order valence-electron chi connectivity index (χ2n) is 34.1. The summed E-state index contributed by atoms with van der Waals surface area (Å²) in [6.45, 7) is 25.7. The van der Waals surface area contributed by atoms with E-state index < -0.39 is 47.3 Å². The van der Waals surface area contributed by atoms with Gasteiger partial charge in [0.2, 0.25) is 5.91 Å². The lowest BCUT2D eigenvalue weighted by molar-refractivity contribution is -0.130. The van der Waals surface area contributed by atoms with E-state index in [9.17, 15) is 61.9 Å². The molecule has 3 aromatic heterocycles. The Kier molecular flexibility index (Phi) is 42.6. The zero-order valence-corrected chi connectivity index (χ0v) is 80.0. The highest BCUT2D eigenvalue weighted by Crippen LogP contribution is 2.40. The molecule has 0 bridgehead atoms. The number of anilines is 1. The van der Waals surface area contributed by atoms with E-state index in [-0.39, 0.29) is 77.0 Å². The molecule has 33 nitrogen and oxygen atoms in total. The first-order chi connectivity index (χ1) is 65.1. The van der Waals surface area contributed by atoms with Crippen LogP contribution in [0, 0.1) is 50.8 Å². The minimum absolute atomic E-state index is 0.0269. The standard InChI is InChI=1S/C22H28N2O3.C18H25NO3.C17H21N3O3.C16H16FN3O3.C15H17N3O3.C14H15N3O3S/c1-13(2)21(17-6-8-18(9-7-17)22(26)24-27)23-20(25)12-19-15(4)10-14(3)11-16(19)5;1-13(12-16(20)18(2)10-4-3-5-11-18)14-6-8-15(9-7-14)17(21)19-22;1-11(2)15(18-17(22)14-5-4-10-20(14)3)12-6-8-13(9-7-12)16(21)19-23;1-10(11-5-7-12(8-6-11)15(21)20-23)18-16(22)19-14-4-2-3-13(17)9-14;1-10(16-15(20)13-4-3-9-18(13)2)11-5-7-12(8-6-11)14(19)17-21;1-8(15-14(19)12-7-21-9(2)16-12)10-4-3-5-11(6-10)13(18)17-20/h6-11,13,21,27H,12H2,1-5H3,(H,23,25)(H,24,26);6-9,13,22H,3-5,10-12H2,1-2H3,(H,19,21);4-11,15,23H,1-3H3,(H,18,22)(H,19,21);2-10,23H,1H3,(H,20,21)(H2,18,19,22);3-10,21H,1-2H3,(H,16,20)(H,17,19);3-8,20H,1-2H3,(H,15,19)(H,17,18)/t;13-;;;10-;/m.0..0./s1. The van der Waals surface area contributed by atoms with Gasteiger partial charge in [0.15, 0.2) is 0 Å². The number of aryl methyl sites for hydroxylation is 6. The maximum atomic E-state index is 13.1. The fourth-order valence-corrected chi connectivity index (χ4v) is 15.6. The number of halogens is 1. The van der Waals surface area contributed by atoms with E-state index in [0.717, 1.165) is 80.8 Å². The van der Waals surface area contributed by atoms with Gasteiger partial charge >= 0.3 is 6.03 Å². The van der Waals surface area contributed by atoms with Crippen LogP contribution in [0.15, 0.2) is 224 Å². The number of hydroxylamine groups is 6. The normalized spacial score (nSPS) is 12.9. The van der Waals surface area contributed by atoms with Crippen LogP contribution in [0.1, 0.15) is 291 Å². The average Bonchev–Trinajstić information content (AvgIpc) is 1.77. The van der Waals surface area contributed by atoms with Crippen LogP contribution >= 0.6 is 11.3 Å². The SMILES string of the molecule is CC(C)C(NC(=O)c1cccn1C)c1ccc(C(=O)NO)cc1.CC(NC(=O)Nc1cccc(F)c1)c1ccc(C(=O)NO)cc1.C[C@@H](CC(=O)C1(C)CCCCC1)c1ccc(C(=O)NO)cc1.C[C@H](NC(=O)c1cccn1C)c1ccc(C(=O)NO)cc1.Cc1cc(C)c(CC(=O)NC(c2ccc(C(=O)NO)cc2)C(C)C)c(C)c1.Cc1nc(C(=O)NC(C)c2cccc(C(=O)NO)c2)cs1. The quantitative estimate of drug-likeness (QED) is 0.0160. The Morgan fingerprint density at radius 2 is 0.796 bits per heavy atom. The highest BCUT2D eigenvalue weighted by molar-refractivity contribution is 7.09. The number of amides is 12. The summed E-state index contributed by atoms with van der Waals surface area (Å²) in [5, 5.41) is 71.4. The molecular weight excluding hydrogens is 1770 g/mol. The summed E-state index contributed by atoms with van der Waals surface area (Å²) in [5.41, 5.74) is 23.2. The molecule has 1 aliphatic carbocycles. The number of benzene rings is 8. The lowest BCUT2D eigenvalue weighted by atomic mass is 9.70. The molecule has 8 aromatic carbocycles. The van der Waals surface area contributed by atoms with E-state index in [4.69, 9.17) is 31.2 Å². The zero-order valence-electron chi connectivity index (χ0n) is 79.1. The maximum absolute atomic E-state index is 13.1. The number of carbonyl (C=O) groups is 12. The van der Waals surface area contributed by atoms with E-state index >= 15 is 0 Å². The number of nitrogens with zero attached hydrogens (tertiary/aromatic N) is 3. The van der Waals surface area contributed by atoms with Gasteiger partial charge in [-0.15, -0.1) is 11.3 Å². The van der Waals surface area contributed by atoms with Crippen molar-refractivity contribution in [2.24, 2.45) is 31.3 Å². The fraction of sp³-hybridized carbons (Fsp3) is 0.304. The molecule has 4 unspecified atom stereocenters. The largest absolute Gasteiger partial charge is 0.349 e. The highest BCUT2D eigenvalue weighted by Gasteiger charge is 2.35. The zero-order chi connectivity index (χ0) is 101. The van der Waals surface area contributed by atoms with Crippen molar-refractivity contribution in [3.8, 4) is 0 Å². The van der Waals surface area contributed by atoms with Gasteiger partial charge in [0, 0.05) is 82.8 Å². The monoisotopic (exact) mass is 1900 g/mol. The molecule has 18 N–H and O–H groups in total. The number of nitrogens with one attached hydrogen (secondary N) is 12. The average molecular weight is 1900 g/mol. The van der Waals surface area contributed by atoms with Gasteiger partial charge in [0.25, 0.3) is 53.2 Å². The van der Waals surface area contributed by atoms with Gasteiger partial charge in [-0.3, -0.25) is 84.0 Å². The first-order valence-corrected chi connectivity index (χ1v) is 45.1. The number of hydrogen-bond donors (Lipinski definition) is 18. The minimum Gasteiger partial charge on any atom is -0.349 e. The Bertz CT molecular complexity index is 5900. The van der Waals surface area contributed by atoms with Crippen molar-refractivity contribution in [2.75, 3.05) is 5.32 Å². The van der Waals surface area contributed by atoms with Crippen LogP contribution in [0.5, 0.6) is 0 Å². The predicted molar refractivity (Wildman–Crippen MR) is 515 cm³/mol. The molecular formula is C102H122FN15O18S. The topological polar surface area (TPSA) is 493 Å². The summed E-state index contributed by atoms with van der Waals surface area (Å²) in [4.78, 5) is 146. The number of Topliss-reactive ketones (excluding diaryl/α,β-unsaturated/α-hetero) is 1. The highest BCUT2D eigenvalue weighted by atomic mass is 32.1. The molecule has 35 heteroatoms. The molecule has 0 radical (unpaired) electrons. The van der Waals surface area contributed by atoms with Gasteiger partial charge in [-0.05, 0) is 244 Å². The van der Waals surface area contributed by atoms with Crippen LogP contribution in [-0.4, -0.2) is 116 Å². The number of hydrogen-bond acceptors (Lipinski definition) is 20. The number of carbonyl (C=O) groups excluding carboxylic acids is 12.